The van der Waals surface area contributed by atoms with Crippen LogP contribution in [-0.4, -0.2) is 33.8 Å². The summed E-state index contributed by atoms with van der Waals surface area (Å²) in [7, 11) is 0. The number of rotatable bonds is 8. The van der Waals surface area contributed by atoms with E-state index in [9.17, 15) is 0 Å². The molecule has 3 aromatic rings. The van der Waals surface area contributed by atoms with Crippen LogP contribution in [0.1, 0.15) is 17.5 Å². The Morgan fingerprint density at radius 2 is 2.03 bits per heavy atom. The first kappa shape index (κ1) is 21.7. The lowest BCUT2D eigenvalue weighted by molar-refractivity contribution is -0.180. The standard InChI is InChI=1S/C23H24Cl2N2O2S/c1-17-2-4-18(5-3-17)8-9-23(15-27-11-10-26-16-27)28-13-20(29-23)14-30-22-12-19(24)6-7-21(22)25/h2-7,10-12,16,20H,8-9,13-15H2,1H3. The van der Waals surface area contributed by atoms with Crippen LogP contribution in [0.25, 0.3) is 0 Å². The highest BCUT2D eigenvalue weighted by Gasteiger charge is 2.41. The molecule has 0 saturated carbocycles. The highest BCUT2D eigenvalue weighted by atomic mass is 35.5. The number of benzene rings is 2. The molecule has 2 heterocycles. The smallest absolute Gasteiger partial charge is 0.187 e. The summed E-state index contributed by atoms with van der Waals surface area (Å²) in [5, 5.41) is 1.38. The first-order valence-corrected chi connectivity index (χ1v) is 11.7. The lowest BCUT2D eigenvalue weighted by Gasteiger charge is -2.28. The number of thioether (sulfide) groups is 1. The van der Waals surface area contributed by atoms with Crippen LogP contribution in [0.2, 0.25) is 10.0 Å². The predicted molar refractivity (Wildman–Crippen MR) is 122 cm³/mol. The van der Waals surface area contributed by atoms with E-state index in [1.54, 1.807) is 30.4 Å². The molecule has 4 rings (SSSR count). The maximum absolute atomic E-state index is 6.49. The zero-order valence-electron chi connectivity index (χ0n) is 16.8. The third-order valence-electron chi connectivity index (χ3n) is 5.13. The summed E-state index contributed by atoms with van der Waals surface area (Å²) in [5.41, 5.74) is 2.54. The average molecular weight is 463 g/mol. The van der Waals surface area contributed by atoms with Gasteiger partial charge in [0.25, 0.3) is 0 Å². The van der Waals surface area contributed by atoms with Crippen molar-refractivity contribution in [1.29, 1.82) is 0 Å². The van der Waals surface area contributed by atoms with Gasteiger partial charge in [-0.15, -0.1) is 11.8 Å². The van der Waals surface area contributed by atoms with E-state index >= 15 is 0 Å². The second-order valence-electron chi connectivity index (χ2n) is 7.57. The summed E-state index contributed by atoms with van der Waals surface area (Å²) >= 11 is 14.1. The van der Waals surface area contributed by atoms with Crippen molar-refractivity contribution in [2.75, 3.05) is 12.4 Å². The maximum Gasteiger partial charge on any atom is 0.187 e. The zero-order chi connectivity index (χ0) is 21.0. The zero-order valence-corrected chi connectivity index (χ0v) is 19.1. The molecule has 0 bridgehead atoms. The Labute approximate surface area is 191 Å². The number of imidazole rings is 1. The number of aryl methyl sites for hydroxylation is 2. The van der Waals surface area contributed by atoms with Crippen LogP contribution in [0.15, 0.2) is 66.1 Å². The number of hydrogen-bond donors (Lipinski definition) is 0. The van der Waals surface area contributed by atoms with Gasteiger partial charge in [0.1, 0.15) is 0 Å². The molecule has 0 spiro atoms. The number of hydrogen-bond acceptors (Lipinski definition) is 4. The van der Waals surface area contributed by atoms with Gasteiger partial charge in [-0.1, -0.05) is 53.0 Å². The molecule has 0 aliphatic carbocycles. The Bertz CT molecular complexity index is 966. The highest BCUT2D eigenvalue weighted by molar-refractivity contribution is 7.99. The van der Waals surface area contributed by atoms with Crippen LogP contribution in [0.3, 0.4) is 0 Å². The second kappa shape index (κ2) is 9.75. The molecule has 1 aliphatic rings. The Kier molecular flexibility index (Phi) is 7.06. The van der Waals surface area contributed by atoms with E-state index in [0.29, 0.717) is 23.2 Å². The average Bonchev–Trinajstić information content (AvgIpc) is 3.39. The predicted octanol–water partition coefficient (Wildman–Crippen LogP) is 6.04. The molecule has 2 aromatic carbocycles. The van der Waals surface area contributed by atoms with Crippen molar-refractivity contribution in [2.24, 2.45) is 0 Å². The lowest BCUT2D eigenvalue weighted by Crippen LogP contribution is -2.37. The Morgan fingerprint density at radius 1 is 1.20 bits per heavy atom. The third kappa shape index (κ3) is 5.59. The fraction of sp³-hybridized carbons (Fsp3) is 0.348. The van der Waals surface area contributed by atoms with Gasteiger partial charge < -0.3 is 14.0 Å². The van der Waals surface area contributed by atoms with E-state index < -0.39 is 5.79 Å². The second-order valence-corrected chi connectivity index (χ2v) is 9.47. The molecule has 0 radical (unpaired) electrons. The molecule has 1 fully saturated rings. The molecule has 7 heteroatoms. The van der Waals surface area contributed by atoms with Gasteiger partial charge in [-0.25, -0.2) is 4.98 Å². The quantitative estimate of drug-likeness (QED) is 0.382. The van der Waals surface area contributed by atoms with Gasteiger partial charge in [-0.3, -0.25) is 0 Å². The van der Waals surface area contributed by atoms with Crippen molar-refractivity contribution in [3.63, 3.8) is 0 Å². The van der Waals surface area contributed by atoms with Crippen LogP contribution >= 0.6 is 35.0 Å². The number of aromatic nitrogens is 2. The molecule has 2 atom stereocenters. The van der Waals surface area contributed by atoms with Gasteiger partial charge in [-0.05, 0) is 37.1 Å². The van der Waals surface area contributed by atoms with Crippen molar-refractivity contribution < 1.29 is 9.47 Å². The number of halogens is 2. The summed E-state index contributed by atoms with van der Waals surface area (Å²) in [6.07, 6.45) is 7.15. The highest BCUT2D eigenvalue weighted by Crippen LogP contribution is 2.35. The molecule has 1 saturated heterocycles. The molecular formula is C23H24Cl2N2O2S. The summed E-state index contributed by atoms with van der Waals surface area (Å²) in [5.74, 6) is 0.0746. The van der Waals surface area contributed by atoms with Crippen molar-refractivity contribution in [1.82, 2.24) is 9.55 Å². The third-order valence-corrected chi connectivity index (χ3v) is 6.99. The minimum Gasteiger partial charge on any atom is -0.345 e. The molecule has 30 heavy (non-hydrogen) atoms. The summed E-state index contributed by atoms with van der Waals surface area (Å²) in [4.78, 5) is 5.11. The van der Waals surface area contributed by atoms with E-state index in [0.717, 1.165) is 23.5 Å². The number of ether oxygens (including phenoxy) is 2. The number of nitrogens with zero attached hydrogens (tertiary/aromatic N) is 2. The van der Waals surface area contributed by atoms with E-state index in [1.807, 2.05) is 22.9 Å². The molecule has 2 unspecified atom stereocenters. The largest absolute Gasteiger partial charge is 0.345 e. The maximum atomic E-state index is 6.49. The van der Waals surface area contributed by atoms with Gasteiger partial charge in [0.15, 0.2) is 5.79 Å². The van der Waals surface area contributed by atoms with Crippen LogP contribution in [0.4, 0.5) is 0 Å². The fourth-order valence-corrected chi connectivity index (χ4v) is 4.97. The van der Waals surface area contributed by atoms with Crippen molar-refractivity contribution in [3.05, 3.63) is 82.4 Å². The van der Waals surface area contributed by atoms with Gasteiger partial charge in [0.2, 0.25) is 0 Å². The molecule has 1 aliphatic heterocycles. The van der Waals surface area contributed by atoms with E-state index in [1.165, 1.54) is 11.1 Å². The first-order chi connectivity index (χ1) is 14.5. The van der Waals surface area contributed by atoms with E-state index in [-0.39, 0.29) is 6.10 Å². The minimum atomic E-state index is -0.672. The minimum absolute atomic E-state index is 0.0217. The molecule has 158 valence electrons. The summed E-state index contributed by atoms with van der Waals surface area (Å²) in [6, 6.07) is 14.1. The lowest BCUT2D eigenvalue weighted by atomic mass is 10.0. The van der Waals surface area contributed by atoms with E-state index in [2.05, 4.69) is 36.2 Å². The molecule has 0 amide bonds. The van der Waals surface area contributed by atoms with Crippen LogP contribution in [0.5, 0.6) is 0 Å². The van der Waals surface area contributed by atoms with Gasteiger partial charge in [0.05, 0.1) is 30.6 Å². The van der Waals surface area contributed by atoms with Crippen molar-refractivity contribution in [2.45, 2.75) is 43.1 Å². The normalized spacial score (nSPS) is 21.2. The molecular weight excluding hydrogens is 439 g/mol. The first-order valence-electron chi connectivity index (χ1n) is 9.92. The summed E-state index contributed by atoms with van der Waals surface area (Å²) < 4.78 is 14.8. The monoisotopic (exact) mass is 462 g/mol. The molecule has 1 aromatic heterocycles. The topological polar surface area (TPSA) is 36.3 Å². The van der Waals surface area contributed by atoms with Crippen LogP contribution in [0, 0.1) is 6.92 Å². The Morgan fingerprint density at radius 3 is 2.80 bits per heavy atom. The van der Waals surface area contributed by atoms with Gasteiger partial charge in [0, 0.05) is 34.5 Å². The van der Waals surface area contributed by atoms with Crippen molar-refractivity contribution in [3.8, 4) is 0 Å². The molecule has 0 N–H and O–H groups in total. The van der Waals surface area contributed by atoms with E-state index in [4.69, 9.17) is 32.7 Å². The fourth-order valence-electron chi connectivity index (χ4n) is 3.51. The van der Waals surface area contributed by atoms with Gasteiger partial charge >= 0.3 is 0 Å². The summed E-state index contributed by atoms with van der Waals surface area (Å²) in [6.45, 7) is 3.26. The SMILES string of the molecule is Cc1ccc(CCC2(Cn3ccnc3)OCC(CSc3cc(Cl)ccc3Cl)O2)cc1. The van der Waals surface area contributed by atoms with Crippen molar-refractivity contribution >= 4 is 35.0 Å². The van der Waals surface area contributed by atoms with Crippen LogP contribution in [-0.2, 0) is 22.4 Å². The Balaban J connectivity index is 1.42. The van der Waals surface area contributed by atoms with Gasteiger partial charge in [-0.2, -0.15) is 0 Å². The van der Waals surface area contributed by atoms with Crippen LogP contribution < -0.4 is 0 Å². The Hall–Kier alpha value is -1.50. The molecule has 4 nitrogen and oxygen atoms in total.